The Hall–Kier alpha value is -2.46. The van der Waals surface area contributed by atoms with Crippen LogP contribution in [-0.4, -0.2) is 25.1 Å². The Morgan fingerprint density at radius 3 is 2.88 bits per heavy atom. The van der Waals surface area contributed by atoms with Crippen molar-refractivity contribution in [3.05, 3.63) is 71.8 Å². The highest BCUT2D eigenvalue weighted by Gasteiger charge is 2.29. The first-order valence-electron chi connectivity index (χ1n) is 8.28. The molecule has 3 rings (SSSR count). The number of carbonyl (C=O) groups is 1. The molecule has 1 amide bonds. The first-order valence-corrected chi connectivity index (χ1v) is 8.65. The van der Waals surface area contributed by atoms with E-state index in [9.17, 15) is 4.79 Å². The van der Waals surface area contributed by atoms with Crippen LogP contribution in [0.3, 0.4) is 0 Å². The van der Waals surface area contributed by atoms with Crippen molar-refractivity contribution in [3.8, 4) is 5.75 Å². The maximum absolute atomic E-state index is 12.2. The van der Waals surface area contributed by atoms with Crippen LogP contribution in [0.2, 0.25) is 5.02 Å². The predicted octanol–water partition coefficient (Wildman–Crippen LogP) is 3.80. The lowest BCUT2D eigenvalue weighted by Gasteiger charge is -2.38. The van der Waals surface area contributed by atoms with Gasteiger partial charge < -0.3 is 15.0 Å². The number of carbonyl (C=O) groups excluding carboxylic acids is 1. The van der Waals surface area contributed by atoms with Gasteiger partial charge in [-0.3, -0.25) is 4.79 Å². The molecule has 0 fully saturated rings. The number of amides is 1. The van der Waals surface area contributed by atoms with Crippen molar-refractivity contribution >= 4 is 23.2 Å². The molecule has 1 atom stereocenters. The largest absolute Gasteiger partial charge is 0.489 e. The van der Waals surface area contributed by atoms with Crippen LogP contribution in [0.4, 0.5) is 5.69 Å². The van der Waals surface area contributed by atoms with E-state index >= 15 is 0 Å². The van der Waals surface area contributed by atoms with Crippen molar-refractivity contribution in [1.29, 1.82) is 0 Å². The quantitative estimate of drug-likeness (QED) is 0.800. The van der Waals surface area contributed by atoms with Crippen LogP contribution in [0.5, 0.6) is 5.75 Å². The maximum atomic E-state index is 12.2. The zero-order chi connectivity index (χ0) is 17.6. The fourth-order valence-electron chi connectivity index (χ4n) is 2.95. The van der Waals surface area contributed by atoms with E-state index in [1.807, 2.05) is 36.4 Å². The van der Waals surface area contributed by atoms with Gasteiger partial charge in [-0.05, 0) is 23.8 Å². The van der Waals surface area contributed by atoms with Crippen LogP contribution in [0.1, 0.15) is 12.0 Å². The minimum Gasteiger partial charge on any atom is -0.489 e. The molecule has 2 aromatic carbocycles. The average Bonchev–Trinajstić information content (AvgIpc) is 2.63. The second kappa shape index (κ2) is 8.08. The SMILES string of the molecule is C=CCNC(=O)C[C@@H]1COc2ccc(Cl)cc2N1Cc1ccccc1. The molecule has 0 saturated carbocycles. The molecule has 0 bridgehead atoms. The van der Waals surface area contributed by atoms with Gasteiger partial charge in [-0.1, -0.05) is 48.0 Å². The number of fused-ring (bicyclic) bond motifs is 1. The zero-order valence-corrected chi connectivity index (χ0v) is 14.7. The van der Waals surface area contributed by atoms with Crippen molar-refractivity contribution in [3.63, 3.8) is 0 Å². The summed E-state index contributed by atoms with van der Waals surface area (Å²) in [4.78, 5) is 14.4. The molecule has 1 N–H and O–H groups in total. The monoisotopic (exact) mass is 356 g/mol. The minimum atomic E-state index is -0.0593. The molecule has 0 unspecified atom stereocenters. The number of hydrogen-bond acceptors (Lipinski definition) is 3. The summed E-state index contributed by atoms with van der Waals surface area (Å²) in [6.07, 6.45) is 2.03. The average molecular weight is 357 g/mol. The van der Waals surface area contributed by atoms with Gasteiger partial charge in [-0.2, -0.15) is 0 Å². The highest BCUT2D eigenvalue weighted by molar-refractivity contribution is 6.31. The van der Waals surface area contributed by atoms with Crippen LogP contribution in [0.25, 0.3) is 0 Å². The number of nitrogens with zero attached hydrogens (tertiary/aromatic N) is 1. The van der Waals surface area contributed by atoms with E-state index in [2.05, 4.69) is 28.9 Å². The number of ether oxygens (including phenoxy) is 1. The van der Waals surface area contributed by atoms with Gasteiger partial charge in [0.15, 0.2) is 0 Å². The third-order valence-electron chi connectivity index (χ3n) is 4.16. The summed E-state index contributed by atoms with van der Waals surface area (Å²) in [5, 5.41) is 3.48. The third kappa shape index (κ3) is 4.34. The Morgan fingerprint density at radius 2 is 2.12 bits per heavy atom. The molecule has 130 valence electrons. The van der Waals surface area contributed by atoms with E-state index in [4.69, 9.17) is 16.3 Å². The molecular formula is C20H21ClN2O2. The van der Waals surface area contributed by atoms with E-state index < -0.39 is 0 Å². The lowest BCUT2D eigenvalue weighted by atomic mass is 10.1. The molecule has 0 radical (unpaired) electrons. The lowest BCUT2D eigenvalue weighted by Crippen LogP contribution is -2.45. The normalized spacial score (nSPS) is 15.9. The molecule has 1 aliphatic rings. The Kier molecular flexibility index (Phi) is 5.61. The van der Waals surface area contributed by atoms with Crippen LogP contribution in [0.15, 0.2) is 61.2 Å². The number of anilines is 1. The van der Waals surface area contributed by atoms with Crippen molar-refractivity contribution in [2.24, 2.45) is 0 Å². The molecule has 0 aromatic heterocycles. The molecule has 1 heterocycles. The number of nitrogens with one attached hydrogen (secondary N) is 1. The van der Waals surface area contributed by atoms with Crippen LogP contribution >= 0.6 is 11.6 Å². The smallest absolute Gasteiger partial charge is 0.222 e. The summed E-state index contributed by atoms with van der Waals surface area (Å²) in [6, 6.07) is 15.7. The van der Waals surface area contributed by atoms with Crippen LogP contribution in [-0.2, 0) is 11.3 Å². The zero-order valence-electron chi connectivity index (χ0n) is 14.0. The highest BCUT2D eigenvalue weighted by Crippen LogP contribution is 2.37. The Bertz CT molecular complexity index is 749. The minimum absolute atomic E-state index is 0.0166. The predicted molar refractivity (Wildman–Crippen MR) is 101 cm³/mol. The summed E-state index contributed by atoms with van der Waals surface area (Å²) < 4.78 is 5.86. The van der Waals surface area contributed by atoms with Gasteiger partial charge in [0.1, 0.15) is 12.4 Å². The molecule has 25 heavy (non-hydrogen) atoms. The third-order valence-corrected chi connectivity index (χ3v) is 4.40. The fourth-order valence-corrected chi connectivity index (χ4v) is 3.11. The summed E-state index contributed by atoms with van der Waals surface area (Å²) in [7, 11) is 0. The molecule has 2 aromatic rings. The van der Waals surface area contributed by atoms with Crippen LogP contribution < -0.4 is 15.0 Å². The summed E-state index contributed by atoms with van der Waals surface area (Å²) >= 11 is 6.19. The number of rotatable bonds is 6. The molecule has 0 spiro atoms. The van der Waals surface area contributed by atoms with Crippen LogP contribution in [0, 0.1) is 0 Å². The van der Waals surface area contributed by atoms with Gasteiger partial charge in [0.25, 0.3) is 0 Å². The lowest BCUT2D eigenvalue weighted by molar-refractivity contribution is -0.121. The van der Waals surface area contributed by atoms with Gasteiger partial charge in [0, 0.05) is 18.1 Å². The molecule has 4 nitrogen and oxygen atoms in total. The van der Waals surface area contributed by atoms with Gasteiger partial charge >= 0.3 is 0 Å². The van der Waals surface area contributed by atoms with E-state index in [-0.39, 0.29) is 11.9 Å². The van der Waals surface area contributed by atoms with Gasteiger partial charge in [-0.15, -0.1) is 6.58 Å². The topological polar surface area (TPSA) is 41.6 Å². The summed E-state index contributed by atoms with van der Waals surface area (Å²) in [5.74, 6) is 0.778. The van der Waals surface area contributed by atoms with Gasteiger partial charge in [0.05, 0.1) is 18.2 Å². The number of hydrogen-bond donors (Lipinski definition) is 1. The first-order chi connectivity index (χ1) is 12.2. The van der Waals surface area contributed by atoms with Crippen molar-refractivity contribution in [2.45, 2.75) is 19.0 Å². The van der Waals surface area contributed by atoms with E-state index in [1.165, 1.54) is 5.56 Å². The Labute approximate surface area is 153 Å². The van der Waals surface area contributed by atoms with E-state index in [0.29, 0.717) is 31.1 Å². The van der Waals surface area contributed by atoms with E-state index in [0.717, 1.165) is 11.4 Å². The maximum Gasteiger partial charge on any atom is 0.222 e. The fraction of sp³-hybridized carbons (Fsp3) is 0.250. The Balaban J connectivity index is 1.86. The van der Waals surface area contributed by atoms with Crippen molar-refractivity contribution in [1.82, 2.24) is 5.32 Å². The molecule has 0 saturated heterocycles. The second-order valence-corrected chi connectivity index (χ2v) is 6.42. The Morgan fingerprint density at radius 1 is 1.32 bits per heavy atom. The molecular weight excluding hydrogens is 336 g/mol. The number of benzene rings is 2. The van der Waals surface area contributed by atoms with Gasteiger partial charge in [-0.25, -0.2) is 0 Å². The van der Waals surface area contributed by atoms with Gasteiger partial charge in [0.2, 0.25) is 5.91 Å². The summed E-state index contributed by atoms with van der Waals surface area (Å²) in [6.45, 7) is 5.24. The second-order valence-electron chi connectivity index (χ2n) is 5.99. The molecule has 0 aliphatic carbocycles. The molecule has 1 aliphatic heterocycles. The summed E-state index contributed by atoms with van der Waals surface area (Å²) in [5.41, 5.74) is 2.09. The van der Waals surface area contributed by atoms with E-state index in [1.54, 1.807) is 6.08 Å². The highest BCUT2D eigenvalue weighted by atomic mass is 35.5. The van der Waals surface area contributed by atoms with Crippen molar-refractivity contribution in [2.75, 3.05) is 18.1 Å². The first kappa shape index (κ1) is 17.4. The number of halogens is 1. The van der Waals surface area contributed by atoms with Crippen molar-refractivity contribution < 1.29 is 9.53 Å². The molecule has 5 heteroatoms. The standard InChI is InChI=1S/C20H21ClN2O2/c1-2-10-22-20(24)12-17-14-25-19-9-8-16(21)11-18(19)23(17)13-15-6-4-3-5-7-15/h2-9,11,17H,1,10,12-14H2,(H,22,24)/t17-/m1/s1.